The zero-order valence-electron chi connectivity index (χ0n) is 13.0. The zero-order valence-corrected chi connectivity index (χ0v) is 13.8. The summed E-state index contributed by atoms with van der Waals surface area (Å²) in [6, 6.07) is 19.3. The second-order valence-electron chi connectivity index (χ2n) is 5.54. The first-order chi connectivity index (χ1) is 12.1. The monoisotopic (exact) mass is 349 g/mol. The van der Waals surface area contributed by atoms with E-state index in [1.165, 1.54) is 18.2 Å². The van der Waals surface area contributed by atoms with E-state index in [1.807, 2.05) is 42.5 Å². The number of halogens is 1. The van der Waals surface area contributed by atoms with Crippen LogP contribution in [0.25, 0.3) is 16.8 Å². The van der Waals surface area contributed by atoms with Gasteiger partial charge in [-0.1, -0.05) is 54.6 Å². The van der Waals surface area contributed by atoms with Gasteiger partial charge in [0.1, 0.15) is 5.82 Å². The molecule has 1 heterocycles. The molecule has 2 amide bonds. The van der Waals surface area contributed by atoms with Gasteiger partial charge in [-0.25, -0.2) is 9.29 Å². The molecule has 122 valence electrons. The number of rotatable bonds is 2. The average Bonchev–Trinajstić information content (AvgIpc) is 2.90. The molecule has 5 heteroatoms. The van der Waals surface area contributed by atoms with Crippen LogP contribution < -0.4 is 4.90 Å². The number of carbonyl (C=O) groups is 2. The van der Waals surface area contributed by atoms with Gasteiger partial charge < -0.3 is 0 Å². The van der Waals surface area contributed by atoms with Crippen LogP contribution in [0.1, 0.15) is 5.56 Å². The molecule has 3 aromatic rings. The largest absolute Gasteiger partial charge is 0.298 e. The Balaban J connectivity index is 1.77. The normalized spacial score (nSPS) is 16.2. The molecular formula is C20H12FNO2S. The van der Waals surface area contributed by atoms with Crippen molar-refractivity contribution in [3.05, 3.63) is 83.0 Å². The minimum absolute atomic E-state index is 0.0219. The van der Waals surface area contributed by atoms with Crippen LogP contribution in [0.2, 0.25) is 0 Å². The fraction of sp³-hybridized carbons (Fsp3) is 0. The van der Waals surface area contributed by atoms with Gasteiger partial charge >= 0.3 is 0 Å². The zero-order chi connectivity index (χ0) is 17.4. The molecule has 3 aromatic carbocycles. The van der Waals surface area contributed by atoms with E-state index in [9.17, 15) is 14.0 Å². The lowest BCUT2D eigenvalue weighted by Gasteiger charge is -2.12. The third-order valence-corrected chi connectivity index (χ3v) is 4.87. The summed E-state index contributed by atoms with van der Waals surface area (Å²) < 4.78 is 14.0. The smallest absolute Gasteiger partial charge is 0.268 e. The Hall–Kier alpha value is -2.92. The number of hydrogen-bond donors (Lipinski definition) is 0. The first-order valence-electron chi connectivity index (χ1n) is 7.65. The van der Waals surface area contributed by atoms with Crippen molar-refractivity contribution in [3.63, 3.8) is 0 Å². The van der Waals surface area contributed by atoms with Crippen molar-refractivity contribution in [2.45, 2.75) is 0 Å². The van der Waals surface area contributed by atoms with Gasteiger partial charge in [-0.3, -0.25) is 9.59 Å². The second kappa shape index (κ2) is 6.18. The predicted molar refractivity (Wildman–Crippen MR) is 98.8 cm³/mol. The second-order valence-corrected chi connectivity index (χ2v) is 6.53. The van der Waals surface area contributed by atoms with Crippen LogP contribution in [0.15, 0.2) is 71.6 Å². The van der Waals surface area contributed by atoms with E-state index in [1.54, 1.807) is 12.1 Å². The lowest BCUT2D eigenvalue weighted by atomic mass is 10.0. The van der Waals surface area contributed by atoms with Gasteiger partial charge in [0.25, 0.3) is 11.1 Å². The van der Waals surface area contributed by atoms with E-state index in [-0.39, 0.29) is 10.6 Å². The number of para-hydroxylation sites is 1. The van der Waals surface area contributed by atoms with Crippen molar-refractivity contribution in [3.8, 4) is 0 Å². The van der Waals surface area contributed by atoms with Crippen molar-refractivity contribution in [1.29, 1.82) is 0 Å². The van der Waals surface area contributed by atoms with Gasteiger partial charge in [0.05, 0.1) is 10.6 Å². The first-order valence-corrected chi connectivity index (χ1v) is 8.47. The summed E-state index contributed by atoms with van der Waals surface area (Å²) in [5, 5.41) is 1.54. The third kappa shape index (κ3) is 2.72. The maximum Gasteiger partial charge on any atom is 0.298 e. The Morgan fingerprint density at radius 1 is 0.880 bits per heavy atom. The Kier molecular flexibility index (Phi) is 3.86. The summed E-state index contributed by atoms with van der Waals surface area (Å²) in [6.45, 7) is 0. The highest BCUT2D eigenvalue weighted by molar-refractivity contribution is 8.19. The molecule has 3 nitrogen and oxygen atoms in total. The summed E-state index contributed by atoms with van der Waals surface area (Å²) in [4.78, 5) is 26.1. The number of fused-ring (bicyclic) bond motifs is 1. The average molecular weight is 349 g/mol. The van der Waals surface area contributed by atoms with Crippen molar-refractivity contribution < 1.29 is 14.0 Å². The van der Waals surface area contributed by atoms with E-state index in [0.717, 1.165) is 33.0 Å². The van der Waals surface area contributed by atoms with E-state index in [4.69, 9.17) is 0 Å². The molecule has 0 bridgehead atoms. The fourth-order valence-corrected chi connectivity index (χ4v) is 3.65. The van der Waals surface area contributed by atoms with Crippen LogP contribution >= 0.6 is 11.8 Å². The Morgan fingerprint density at radius 3 is 2.44 bits per heavy atom. The minimum atomic E-state index is -0.601. The van der Waals surface area contributed by atoms with Crippen LogP contribution in [-0.2, 0) is 4.79 Å². The molecule has 0 atom stereocenters. The number of benzene rings is 3. The molecule has 1 saturated heterocycles. The maximum atomic E-state index is 14.0. The number of anilines is 1. The van der Waals surface area contributed by atoms with E-state index < -0.39 is 17.0 Å². The van der Waals surface area contributed by atoms with E-state index in [0.29, 0.717) is 0 Å². The maximum absolute atomic E-state index is 14.0. The molecule has 0 aliphatic carbocycles. The van der Waals surface area contributed by atoms with E-state index >= 15 is 0 Å². The highest BCUT2D eigenvalue weighted by atomic mass is 32.2. The van der Waals surface area contributed by atoms with Crippen LogP contribution in [0.4, 0.5) is 14.9 Å². The molecule has 1 aliphatic rings. The van der Waals surface area contributed by atoms with Crippen LogP contribution in [0.3, 0.4) is 0 Å². The fourth-order valence-electron chi connectivity index (χ4n) is 2.83. The van der Waals surface area contributed by atoms with Crippen molar-refractivity contribution >= 4 is 45.4 Å². The van der Waals surface area contributed by atoms with Gasteiger partial charge in [-0.05, 0) is 46.3 Å². The van der Waals surface area contributed by atoms with Crippen molar-refractivity contribution in [1.82, 2.24) is 0 Å². The highest BCUT2D eigenvalue weighted by Crippen LogP contribution is 2.37. The molecule has 0 radical (unpaired) electrons. The number of imide groups is 1. The molecular weight excluding hydrogens is 337 g/mol. The van der Waals surface area contributed by atoms with Gasteiger partial charge in [0.15, 0.2) is 0 Å². The van der Waals surface area contributed by atoms with Gasteiger partial charge in [0.2, 0.25) is 0 Å². The van der Waals surface area contributed by atoms with Gasteiger partial charge in [-0.15, -0.1) is 0 Å². The topological polar surface area (TPSA) is 37.4 Å². The Morgan fingerprint density at radius 2 is 1.60 bits per heavy atom. The molecule has 4 rings (SSSR count). The number of hydrogen-bond acceptors (Lipinski definition) is 3. The number of nitrogens with zero attached hydrogens (tertiary/aromatic N) is 1. The summed E-state index contributed by atoms with van der Waals surface area (Å²) in [6.07, 6.45) is 1.69. The molecule has 1 fully saturated rings. The Labute approximate surface area is 147 Å². The molecule has 0 unspecified atom stereocenters. The van der Waals surface area contributed by atoms with E-state index in [2.05, 4.69) is 0 Å². The highest BCUT2D eigenvalue weighted by Gasteiger charge is 2.37. The lowest BCUT2D eigenvalue weighted by Crippen LogP contribution is -2.28. The van der Waals surface area contributed by atoms with Gasteiger partial charge in [0, 0.05) is 0 Å². The number of thioether (sulfide) groups is 1. The standard InChI is InChI=1S/C20H12FNO2S/c21-16-10-3-4-11-17(16)22-19(23)18(25-20(22)24)12-14-8-5-7-13-6-1-2-9-15(13)14/h1-12H/b18-12-. The third-order valence-electron chi connectivity index (χ3n) is 4.00. The molecule has 25 heavy (non-hydrogen) atoms. The summed E-state index contributed by atoms with van der Waals surface area (Å²) in [7, 11) is 0. The SMILES string of the molecule is O=C1S/C(=C\c2cccc3ccccc23)C(=O)N1c1ccccc1F. The minimum Gasteiger partial charge on any atom is -0.268 e. The predicted octanol–water partition coefficient (Wildman–Crippen LogP) is 5.22. The number of amides is 2. The molecule has 1 aliphatic heterocycles. The molecule has 0 aromatic heterocycles. The summed E-state index contributed by atoms with van der Waals surface area (Å²) in [5.74, 6) is -1.11. The molecule has 0 N–H and O–H groups in total. The Bertz CT molecular complexity index is 1040. The number of carbonyl (C=O) groups excluding carboxylic acids is 2. The summed E-state index contributed by atoms with van der Waals surface area (Å²) >= 11 is 0.821. The van der Waals surface area contributed by atoms with Crippen molar-refractivity contribution in [2.24, 2.45) is 0 Å². The molecule has 0 spiro atoms. The van der Waals surface area contributed by atoms with Crippen molar-refractivity contribution in [2.75, 3.05) is 4.90 Å². The summed E-state index contributed by atoms with van der Waals surface area (Å²) in [5.41, 5.74) is 0.823. The van der Waals surface area contributed by atoms with Gasteiger partial charge in [-0.2, -0.15) is 0 Å². The quantitative estimate of drug-likeness (QED) is 0.595. The van der Waals surface area contributed by atoms with Crippen LogP contribution in [0, 0.1) is 5.82 Å². The van der Waals surface area contributed by atoms with Crippen LogP contribution in [-0.4, -0.2) is 11.1 Å². The first kappa shape index (κ1) is 15.6. The lowest BCUT2D eigenvalue weighted by molar-refractivity contribution is -0.113. The molecule has 0 saturated carbocycles. The van der Waals surface area contributed by atoms with Crippen LogP contribution in [0.5, 0.6) is 0 Å².